The first kappa shape index (κ1) is 64.0. The van der Waals surface area contributed by atoms with Crippen LogP contribution in [0, 0.1) is 0 Å². The fraction of sp³-hybridized carbons (Fsp3) is 0.380. The van der Waals surface area contributed by atoms with Crippen molar-refractivity contribution >= 4 is 11.9 Å². The molecule has 5 unspecified atom stereocenters. The maximum Gasteiger partial charge on any atom is 0.303 e. The molecule has 3 aliphatic heterocycles. The Morgan fingerprint density at radius 3 is 1.11 bits per heavy atom. The molecule has 0 aromatic heterocycles. The summed E-state index contributed by atoms with van der Waals surface area (Å²) in [5, 5.41) is 15.2. The molecule has 17 nitrogen and oxygen atoms in total. The Hall–Kier alpha value is -7.04. The van der Waals surface area contributed by atoms with Crippen molar-refractivity contribution in [1.82, 2.24) is 5.32 Å². The molecule has 0 bridgehead atoms. The van der Waals surface area contributed by atoms with Gasteiger partial charge in [0.25, 0.3) is 0 Å². The number of benzene rings is 7. The summed E-state index contributed by atoms with van der Waals surface area (Å²) in [6, 6.07) is 66.6. The van der Waals surface area contributed by atoms with Crippen molar-refractivity contribution < 1.29 is 76.3 Å². The van der Waals surface area contributed by atoms with Crippen molar-refractivity contribution in [1.29, 1.82) is 0 Å². The van der Waals surface area contributed by atoms with Gasteiger partial charge in [-0.2, -0.15) is 0 Å². The van der Waals surface area contributed by atoms with E-state index >= 15 is 0 Å². The molecule has 464 valence electrons. The average Bonchev–Trinajstić information content (AvgIpc) is 1.54. The lowest BCUT2D eigenvalue weighted by atomic mass is 9.94. The quantitative estimate of drug-likeness (QED) is 0.0422. The summed E-state index contributed by atoms with van der Waals surface area (Å²) in [7, 11) is 0. The van der Waals surface area contributed by atoms with Gasteiger partial charge in [-0.3, -0.25) is 9.59 Å². The molecule has 0 aliphatic carbocycles. The standard InChI is InChI=1S/C71H79NO16/c1-48-61(78-41-53-29-15-6-16-30-53)65(80-43-55-33-19-8-20-34-55)67(82-45-57-37-23-10-24-38-57)70(83-48)88-64-60(72-49(2)73)69(75)85-59(47-77-40-52-27-13-5-14-28-52)63(64)87-71-68(84-50(3)74)66(81-44-56-35-21-9-22-36-56)62(79-42-54-31-17-7-18-32-54)58(86-71)46-76-39-51-25-11-4-12-26-51/h4-38,48,58-71,75H,39-47H2,1-3H3,(H,72,73)/t48-,58?,59+,60+,61+,62?,63+,64+,65+,66?,67-,68?,69+,70-,71?/m0/s1. The molecule has 0 radical (unpaired) electrons. The lowest BCUT2D eigenvalue weighted by Crippen LogP contribution is -2.70. The Balaban J connectivity index is 1.05. The SMILES string of the molecule is CC(=O)N[C@@H]1[C@@H](O[C@@H]2O[C@@H](C)[C@@H](OCc3ccccc3)[C@@H](OCc3ccccc3)[C@@H]2OCc2ccccc2)[C@H](OC2OC(COCc3ccccc3)C(OCc3ccccc3)C(OCc3ccccc3)C2OC(C)=O)[C@@H](COCc2ccccc2)O[C@H]1O. The summed E-state index contributed by atoms with van der Waals surface area (Å²) in [4.78, 5) is 27.2. The lowest BCUT2D eigenvalue weighted by molar-refractivity contribution is -0.380. The van der Waals surface area contributed by atoms with Gasteiger partial charge < -0.3 is 72.0 Å². The number of aliphatic hydroxyl groups excluding tert-OH is 1. The number of carbonyl (C=O) groups is 2. The Morgan fingerprint density at radius 2 is 0.716 bits per heavy atom. The second-order valence-corrected chi connectivity index (χ2v) is 22.1. The highest BCUT2D eigenvalue weighted by molar-refractivity contribution is 5.73. The Labute approximate surface area is 514 Å². The van der Waals surface area contributed by atoms with Crippen LogP contribution < -0.4 is 5.32 Å². The topological polar surface area (TPSA) is 186 Å². The highest BCUT2D eigenvalue weighted by Crippen LogP contribution is 2.38. The first-order valence-electron chi connectivity index (χ1n) is 30.0. The predicted octanol–water partition coefficient (Wildman–Crippen LogP) is 9.74. The average molecular weight is 1200 g/mol. The van der Waals surface area contributed by atoms with Gasteiger partial charge in [0.15, 0.2) is 25.0 Å². The minimum atomic E-state index is -1.70. The summed E-state index contributed by atoms with van der Waals surface area (Å²) in [5.41, 5.74) is 6.23. The number of hydrogen-bond acceptors (Lipinski definition) is 16. The molecule has 10 rings (SSSR count). The maximum absolute atomic E-state index is 13.7. The van der Waals surface area contributed by atoms with E-state index in [0.717, 1.165) is 38.9 Å². The molecular formula is C71H79NO16. The van der Waals surface area contributed by atoms with Crippen LogP contribution in [0.15, 0.2) is 212 Å². The van der Waals surface area contributed by atoms with Crippen LogP contribution in [0.25, 0.3) is 0 Å². The fourth-order valence-electron chi connectivity index (χ4n) is 11.2. The van der Waals surface area contributed by atoms with E-state index in [1.165, 1.54) is 13.8 Å². The van der Waals surface area contributed by atoms with Crippen LogP contribution in [0.4, 0.5) is 0 Å². The van der Waals surface area contributed by atoms with Gasteiger partial charge in [-0.05, 0) is 45.9 Å². The van der Waals surface area contributed by atoms with E-state index < -0.39 is 104 Å². The third kappa shape index (κ3) is 18.3. The number of rotatable bonds is 29. The van der Waals surface area contributed by atoms with Crippen LogP contribution in [0.5, 0.6) is 0 Å². The first-order valence-corrected chi connectivity index (χ1v) is 30.0. The molecule has 88 heavy (non-hydrogen) atoms. The molecule has 0 spiro atoms. The van der Waals surface area contributed by atoms with Crippen LogP contribution in [0.2, 0.25) is 0 Å². The number of esters is 1. The normalized spacial score (nSPS) is 27.1. The van der Waals surface area contributed by atoms with Crippen LogP contribution in [0.3, 0.4) is 0 Å². The molecule has 3 heterocycles. The zero-order valence-electron chi connectivity index (χ0n) is 49.8. The van der Waals surface area contributed by atoms with Gasteiger partial charge in [0.05, 0.1) is 65.6 Å². The Kier molecular flexibility index (Phi) is 24.0. The lowest BCUT2D eigenvalue weighted by Gasteiger charge is -2.51. The van der Waals surface area contributed by atoms with Crippen molar-refractivity contribution in [2.45, 2.75) is 159 Å². The highest BCUT2D eigenvalue weighted by atomic mass is 16.8. The highest BCUT2D eigenvalue weighted by Gasteiger charge is 2.57. The summed E-state index contributed by atoms with van der Waals surface area (Å²) >= 11 is 0. The van der Waals surface area contributed by atoms with E-state index in [1.54, 1.807) is 0 Å². The molecule has 1 amide bonds. The minimum Gasteiger partial charge on any atom is -0.454 e. The van der Waals surface area contributed by atoms with Gasteiger partial charge in [-0.15, -0.1) is 0 Å². The number of aliphatic hydroxyl groups is 1. The Bertz CT molecular complexity index is 3120. The van der Waals surface area contributed by atoms with Gasteiger partial charge in [0.1, 0.15) is 61.0 Å². The summed E-state index contributed by atoms with van der Waals surface area (Å²) < 4.78 is 89.1. The van der Waals surface area contributed by atoms with Crippen molar-refractivity contribution in [2.75, 3.05) is 13.2 Å². The van der Waals surface area contributed by atoms with Gasteiger partial charge in [-0.1, -0.05) is 212 Å². The van der Waals surface area contributed by atoms with E-state index in [2.05, 4.69) is 5.32 Å². The molecule has 3 aliphatic rings. The molecule has 17 heteroatoms. The molecule has 0 saturated carbocycles. The second kappa shape index (κ2) is 33.0. The third-order valence-corrected chi connectivity index (χ3v) is 15.5. The van der Waals surface area contributed by atoms with Crippen LogP contribution in [-0.2, 0) is 117 Å². The minimum absolute atomic E-state index is 0.0315. The summed E-state index contributed by atoms with van der Waals surface area (Å²) in [5.74, 6) is -1.17. The van der Waals surface area contributed by atoms with Crippen molar-refractivity contribution in [3.63, 3.8) is 0 Å². The monoisotopic (exact) mass is 1200 g/mol. The Morgan fingerprint density at radius 1 is 0.386 bits per heavy atom. The zero-order valence-corrected chi connectivity index (χ0v) is 49.8. The largest absolute Gasteiger partial charge is 0.454 e. The smallest absolute Gasteiger partial charge is 0.303 e. The van der Waals surface area contributed by atoms with E-state index in [1.807, 2.05) is 219 Å². The summed E-state index contributed by atoms with van der Waals surface area (Å²) in [6.45, 7) is 5.40. The van der Waals surface area contributed by atoms with Crippen molar-refractivity contribution in [3.05, 3.63) is 251 Å². The number of nitrogens with one attached hydrogen (secondary N) is 1. The number of ether oxygens (including phenoxy) is 13. The van der Waals surface area contributed by atoms with E-state index in [-0.39, 0.29) is 59.5 Å². The van der Waals surface area contributed by atoms with E-state index in [0.29, 0.717) is 0 Å². The number of hydrogen-bond donors (Lipinski definition) is 2. The third-order valence-electron chi connectivity index (χ3n) is 15.5. The first-order chi connectivity index (χ1) is 43.1. The fourth-order valence-corrected chi connectivity index (χ4v) is 11.2. The van der Waals surface area contributed by atoms with Crippen LogP contribution in [0.1, 0.15) is 59.7 Å². The van der Waals surface area contributed by atoms with Crippen LogP contribution >= 0.6 is 0 Å². The van der Waals surface area contributed by atoms with Gasteiger partial charge >= 0.3 is 5.97 Å². The molecule has 15 atom stereocenters. The van der Waals surface area contributed by atoms with Crippen molar-refractivity contribution in [3.8, 4) is 0 Å². The number of carbonyl (C=O) groups excluding carboxylic acids is 2. The molecule has 3 fully saturated rings. The molecule has 2 N–H and O–H groups in total. The van der Waals surface area contributed by atoms with E-state index in [4.69, 9.17) is 61.6 Å². The molecular weight excluding hydrogens is 1120 g/mol. The van der Waals surface area contributed by atoms with E-state index in [9.17, 15) is 14.7 Å². The molecule has 7 aromatic rings. The maximum atomic E-state index is 13.7. The molecule has 7 aromatic carbocycles. The van der Waals surface area contributed by atoms with Crippen molar-refractivity contribution in [2.24, 2.45) is 0 Å². The predicted molar refractivity (Wildman–Crippen MR) is 324 cm³/mol. The van der Waals surface area contributed by atoms with Gasteiger partial charge in [0, 0.05) is 13.8 Å². The van der Waals surface area contributed by atoms with Crippen LogP contribution in [-0.4, -0.2) is 122 Å². The number of amides is 1. The summed E-state index contributed by atoms with van der Waals surface area (Å²) in [6.07, 6.45) is -16.0. The zero-order chi connectivity index (χ0) is 60.9. The second-order valence-electron chi connectivity index (χ2n) is 22.1. The van der Waals surface area contributed by atoms with Gasteiger partial charge in [-0.25, -0.2) is 0 Å². The molecule has 3 saturated heterocycles. The van der Waals surface area contributed by atoms with Gasteiger partial charge in [0.2, 0.25) is 5.91 Å².